The molecule has 6 rings (SSSR count). The average Bonchev–Trinajstić information content (AvgIpc) is 2.74. The minimum absolute atomic E-state index is 0.0217. The first-order valence-corrected chi connectivity index (χ1v) is 12.2. The summed E-state index contributed by atoms with van der Waals surface area (Å²) in [6.45, 7) is 8.93. The summed E-state index contributed by atoms with van der Waals surface area (Å²) in [6.07, 6.45) is 11.3. The predicted molar refractivity (Wildman–Crippen MR) is 118 cm³/mol. The lowest BCUT2D eigenvalue weighted by Gasteiger charge is -2.69. The van der Waals surface area contributed by atoms with E-state index in [-0.39, 0.29) is 52.0 Å². The lowest BCUT2D eigenvalue weighted by molar-refractivity contribution is -0.199. The summed E-state index contributed by atoms with van der Waals surface area (Å²) in [7, 11) is 1.51. The number of hydrogen-bond acceptors (Lipinski definition) is 4. The Balaban J connectivity index is 1.66. The molecule has 8 atom stereocenters. The number of fused-ring (bicyclic) bond motifs is 1. The molecule has 3 saturated carbocycles. The second kappa shape index (κ2) is 6.65. The van der Waals surface area contributed by atoms with Gasteiger partial charge in [-0.05, 0) is 80.3 Å². The first-order valence-electron chi connectivity index (χ1n) is 12.2. The van der Waals surface area contributed by atoms with E-state index in [4.69, 9.17) is 4.74 Å². The van der Waals surface area contributed by atoms with Gasteiger partial charge in [0.05, 0.1) is 12.5 Å². The molecule has 4 nitrogen and oxygen atoms in total. The molecule has 0 N–H and O–H groups in total. The molecule has 168 valence electrons. The van der Waals surface area contributed by atoms with Crippen LogP contribution in [-0.4, -0.2) is 24.6 Å². The molecule has 31 heavy (non-hydrogen) atoms. The fraction of sp³-hybridized carbons (Fsp3) is 0.741. The predicted octanol–water partition coefficient (Wildman–Crippen LogP) is 4.92. The highest BCUT2D eigenvalue weighted by Gasteiger charge is 2.70. The van der Waals surface area contributed by atoms with Crippen molar-refractivity contribution in [3.63, 3.8) is 0 Å². The summed E-state index contributed by atoms with van der Waals surface area (Å²) in [5, 5.41) is 0. The van der Waals surface area contributed by atoms with Gasteiger partial charge in [0, 0.05) is 17.3 Å². The molecular weight excluding hydrogens is 388 g/mol. The van der Waals surface area contributed by atoms with Crippen LogP contribution in [0.1, 0.15) is 66.2 Å². The Morgan fingerprint density at radius 1 is 1.06 bits per heavy atom. The zero-order valence-corrected chi connectivity index (χ0v) is 19.6. The highest BCUT2D eigenvalue weighted by atomic mass is 16.5. The molecule has 0 unspecified atom stereocenters. The first-order chi connectivity index (χ1) is 14.6. The van der Waals surface area contributed by atoms with Crippen LogP contribution < -0.4 is 0 Å². The molecule has 3 fully saturated rings. The molecule has 6 aliphatic carbocycles. The second-order valence-corrected chi connectivity index (χ2v) is 11.8. The first kappa shape index (κ1) is 21.2. The van der Waals surface area contributed by atoms with Gasteiger partial charge >= 0.3 is 5.97 Å². The van der Waals surface area contributed by atoms with Gasteiger partial charge in [-0.1, -0.05) is 38.8 Å². The highest BCUT2D eigenvalue weighted by Crippen LogP contribution is 2.74. The summed E-state index contributed by atoms with van der Waals surface area (Å²) in [5.41, 5.74) is 0.654. The number of esters is 1. The number of rotatable bonds is 2. The molecule has 6 aliphatic rings. The van der Waals surface area contributed by atoms with Crippen molar-refractivity contribution in [3.05, 3.63) is 23.8 Å². The maximum Gasteiger partial charge on any atom is 0.311 e. The van der Waals surface area contributed by atoms with Crippen LogP contribution in [0.3, 0.4) is 0 Å². The van der Waals surface area contributed by atoms with Crippen molar-refractivity contribution in [1.82, 2.24) is 0 Å². The van der Waals surface area contributed by atoms with Crippen LogP contribution in [0.2, 0.25) is 0 Å². The third-order valence-electron chi connectivity index (χ3n) is 10.4. The van der Waals surface area contributed by atoms with Crippen molar-refractivity contribution < 1.29 is 19.1 Å². The van der Waals surface area contributed by atoms with Gasteiger partial charge in [0.2, 0.25) is 0 Å². The van der Waals surface area contributed by atoms with Crippen LogP contribution in [0, 0.1) is 51.8 Å². The van der Waals surface area contributed by atoms with Crippen molar-refractivity contribution in [2.45, 2.75) is 66.2 Å². The van der Waals surface area contributed by atoms with Gasteiger partial charge in [0.25, 0.3) is 0 Å². The van der Waals surface area contributed by atoms with E-state index in [1.807, 2.05) is 0 Å². The molecular formula is C27H36O4. The molecule has 1 spiro atoms. The zero-order valence-electron chi connectivity index (χ0n) is 19.6. The summed E-state index contributed by atoms with van der Waals surface area (Å²) < 4.78 is 5.29. The van der Waals surface area contributed by atoms with Gasteiger partial charge in [-0.2, -0.15) is 0 Å². The van der Waals surface area contributed by atoms with E-state index in [1.165, 1.54) is 18.8 Å². The Bertz CT molecular complexity index is 912. The molecule has 0 aromatic rings. The van der Waals surface area contributed by atoms with Crippen LogP contribution in [0.5, 0.6) is 0 Å². The quantitative estimate of drug-likeness (QED) is 0.466. The average molecular weight is 425 g/mol. The van der Waals surface area contributed by atoms with Gasteiger partial charge in [-0.15, -0.1) is 0 Å². The van der Waals surface area contributed by atoms with E-state index in [9.17, 15) is 14.4 Å². The van der Waals surface area contributed by atoms with E-state index < -0.39 is 5.41 Å². The van der Waals surface area contributed by atoms with Crippen molar-refractivity contribution >= 4 is 17.5 Å². The van der Waals surface area contributed by atoms with E-state index in [1.54, 1.807) is 6.08 Å². The molecule has 0 aromatic carbocycles. The molecule has 0 heterocycles. The smallest absolute Gasteiger partial charge is 0.311 e. The van der Waals surface area contributed by atoms with Gasteiger partial charge in [-0.3, -0.25) is 14.4 Å². The standard InChI is InChI=1S/C27H36O4/c1-15(2)17-14-27-12-9-20-25(3,10-6-11-26(20,4)24(30)31-5)21(27)13-16(17)22-18(28)7-8-19(29)23(22)27/h7-8,14-16,20-23H,6,9-13H2,1-5H3/t16-,20-,21-,22-,23-,25-,26+,27-/m0/s1. The van der Waals surface area contributed by atoms with Crippen molar-refractivity contribution in [2.75, 3.05) is 7.11 Å². The fourth-order valence-corrected chi connectivity index (χ4v) is 9.27. The van der Waals surface area contributed by atoms with Crippen LogP contribution in [0.15, 0.2) is 23.8 Å². The van der Waals surface area contributed by atoms with Crippen LogP contribution in [0.25, 0.3) is 0 Å². The Kier molecular flexibility index (Phi) is 4.54. The van der Waals surface area contributed by atoms with E-state index in [0.717, 1.165) is 38.5 Å². The Labute approximate surface area is 185 Å². The third-order valence-corrected chi connectivity index (χ3v) is 10.4. The second-order valence-electron chi connectivity index (χ2n) is 11.8. The van der Waals surface area contributed by atoms with Crippen molar-refractivity contribution in [2.24, 2.45) is 51.8 Å². The summed E-state index contributed by atoms with van der Waals surface area (Å²) in [6, 6.07) is 0. The lowest BCUT2D eigenvalue weighted by Crippen LogP contribution is -2.66. The Morgan fingerprint density at radius 3 is 2.45 bits per heavy atom. The summed E-state index contributed by atoms with van der Waals surface area (Å²) in [4.78, 5) is 39.3. The monoisotopic (exact) mass is 424 g/mol. The summed E-state index contributed by atoms with van der Waals surface area (Å²) >= 11 is 0. The Hall–Kier alpha value is -1.71. The molecule has 2 bridgehead atoms. The largest absolute Gasteiger partial charge is 0.469 e. The maximum absolute atomic E-state index is 13.3. The molecule has 0 saturated heterocycles. The van der Waals surface area contributed by atoms with Gasteiger partial charge < -0.3 is 4.74 Å². The van der Waals surface area contributed by atoms with Crippen molar-refractivity contribution in [1.29, 1.82) is 0 Å². The SMILES string of the molecule is COC(=O)[C@]1(C)CCC[C@]2(C)[C@@H]3C[C@H]4C(C(C)C)=C[C@]3(CC[C@@H]21)[C@H]1C(=O)C=CC(=O)[C@H]41. The fourth-order valence-electron chi connectivity index (χ4n) is 9.27. The van der Waals surface area contributed by atoms with E-state index in [0.29, 0.717) is 11.8 Å². The number of ketones is 2. The maximum atomic E-state index is 13.3. The van der Waals surface area contributed by atoms with Gasteiger partial charge in [0.1, 0.15) is 0 Å². The molecule has 0 aliphatic heterocycles. The van der Waals surface area contributed by atoms with E-state index in [2.05, 4.69) is 33.8 Å². The lowest BCUT2D eigenvalue weighted by atomic mass is 9.33. The number of hydrogen-bond donors (Lipinski definition) is 0. The van der Waals surface area contributed by atoms with Crippen LogP contribution in [0.4, 0.5) is 0 Å². The molecule has 0 aromatic heterocycles. The number of allylic oxidation sites excluding steroid dienone is 4. The van der Waals surface area contributed by atoms with E-state index >= 15 is 0 Å². The van der Waals surface area contributed by atoms with Gasteiger partial charge in [-0.25, -0.2) is 0 Å². The molecule has 0 radical (unpaired) electrons. The van der Waals surface area contributed by atoms with Gasteiger partial charge in [0.15, 0.2) is 11.6 Å². The van der Waals surface area contributed by atoms with Crippen molar-refractivity contribution in [3.8, 4) is 0 Å². The minimum Gasteiger partial charge on any atom is -0.469 e. The van der Waals surface area contributed by atoms with Crippen LogP contribution >= 0.6 is 0 Å². The molecule has 0 amide bonds. The number of methoxy groups -OCH3 is 1. The normalized spacial score (nSPS) is 48.1. The number of carbonyl (C=O) groups is 3. The minimum atomic E-state index is -0.462. The summed E-state index contributed by atoms with van der Waals surface area (Å²) in [5.74, 6) is 0.932. The topological polar surface area (TPSA) is 60.4 Å². The molecule has 4 heteroatoms. The highest BCUT2D eigenvalue weighted by molar-refractivity contribution is 6.08. The zero-order chi connectivity index (χ0) is 22.3. The Morgan fingerprint density at radius 2 is 1.77 bits per heavy atom. The third kappa shape index (κ3) is 2.51. The number of carbonyl (C=O) groups excluding carboxylic acids is 3. The number of ether oxygens (including phenoxy) is 1. The van der Waals surface area contributed by atoms with Crippen LogP contribution in [-0.2, 0) is 19.1 Å².